The van der Waals surface area contributed by atoms with Crippen molar-refractivity contribution in [2.75, 3.05) is 47.5 Å². The number of carbonyl (C=O) groups excluding carboxylic acids is 2. The molecule has 0 fully saturated rings. The maximum Gasteiger partial charge on any atom is 0.361 e. The second-order valence-electron chi connectivity index (χ2n) is 22.0. The van der Waals surface area contributed by atoms with Gasteiger partial charge in [-0.2, -0.15) is 0 Å². The Bertz CT molecular complexity index is 1710. The van der Waals surface area contributed by atoms with E-state index in [4.69, 9.17) is 18.9 Å². The van der Waals surface area contributed by atoms with Gasteiger partial charge in [0.1, 0.15) is 13.2 Å². The third-order valence-corrected chi connectivity index (χ3v) is 13.2. The highest BCUT2D eigenvalue weighted by Crippen LogP contribution is 2.16. The maximum absolute atomic E-state index is 12.9. The topological polar surface area (TPSA) is 108 Å². The molecule has 0 bridgehead atoms. The number of esters is 2. The Morgan fingerprint density at radius 3 is 1.09 bits per heavy atom. The van der Waals surface area contributed by atoms with Gasteiger partial charge in [-0.25, -0.2) is 4.79 Å². The fourth-order valence-electron chi connectivity index (χ4n) is 8.35. The van der Waals surface area contributed by atoms with Gasteiger partial charge in [0.25, 0.3) is 6.29 Å². The summed E-state index contributed by atoms with van der Waals surface area (Å²) in [6, 6.07) is 0. The lowest BCUT2D eigenvalue weighted by Crippen LogP contribution is -2.40. The maximum atomic E-state index is 12.9. The van der Waals surface area contributed by atoms with E-state index in [9.17, 15) is 19.5 Å². The minimum absolute atomic E-state index is 0.182. The monoisotopic (exact) mass is 1100 g/mol. The third kappa shape index (κ3) is 61.2. The normalized spacial score (nSPS) is 13.6. The van der Waals surface area contributed by atoms with Crippen LogP contribution in [-0.4, -0.2) is 87.4 Å². The molecule has 9 heteroatoms. The minimum Gasteiger partial charge on any atom is -0.477 e. The van der Waals surface area contributed by atoms with Crippen molar-refractivity contribution < 1.29 is 42.9 Å². The molecule has 2 unspecified atom stereocenters. The fraction of sp³-hybridized carbons (Fsp3) is 0.671. The summed E-state index contributed by atoms with van der Waals surface area (Å²) in [5.41, 5.74) is 0. The van der Waals surface area contributed by atoms with Crippen molar-refractivity contribution in [1.82, 2.24) is 0 Å². The van der Waals surface area contributed by atoms with Crippen LogP contribution in [0.25, 0.3) is 0 Å². The molecule has 79 heavy (non-hydrogen) atoms. The molecular formula is C70H118NO8+. The van der Waals surface area contributed by atoms with Crippen LogP contribution in [-0.2, 0) is 33.3 Å². The number of unbranched alkanes of at least 4 members (excludes halogenated alkanes) is 22. The molecule has 0 aromatic heterocycles. The van der Waals surface area contributed by atoms with Gasteiger partial charge in [0.15, 0.2) is 6.10 Å². The summed E-state index contributed by atoms with van der Waals surface area (Å²) in [4.78, 5) is 37.4. The summed E-state index contributed by atoms with van der Waals surface area (Å²) in [5.74, 6) is -2.02. The van der Waals surface area contributed by atoms with E-state index in [1.807, 2.05) is 21.1 Å². The average molecular weight is 1100 g/mol. The smallest absolute Gasteiger partial charge is 0.361 e. The molecule has 0 radical (unpaired) electrons. The summed E-state index contributed by atoms with van der Waals surface area (Å²) in [7, 11) is 5.96. The summed E-state index contributed by atoms with van der Waals surface area (Å²) < 4.78 is 22.8. The molecule has 0 spiro atoms. The number of carboxylic acids is 1. The Morgan fingerprint density at radius 1 is 0.392 bits per heavy atom. The Kier molecular flexibility index (Phi) is 56.5. The first-order valence-electron chi connectivity index (χ1n) is 31.7. The lowest BCUT2D eigenvalue weighted by molar-refractivity contribution is -0.870. The lowest BCUT2D eigenvalue weighted by atomic mass is 10.0. The van der Waals surface area contributed by atoms with E-state index >= 15 is 0 Å². The Balaban J connectivity index is 4.07. The van der Waals surface area contributed by atoms with Gasteiger partial charge in [-0.05, 0) is 109 Å². The molecule has 0 amide bonds. The number of rotatable bonds is 57. The highest BCUT2D eigenvalue weighted by Gasteiger charge is 2.25. The quantitative estimate of drug-likeness (QED) is 0.0211. The number of ether oxygens (including phenoxy) is 4. The van der Waals surface area contributed by atoms with Crippen molar-refractivity contribution in [3.05, 3.63) is 122 Å². The zero-order chi connectivity index (χ0) is 57.6. The van der Waals surface area contributed by atoms with Gasteiger partial charge >= 0.3 is 17.9 Å². The number of aliphatic carboxylic acids is 1. The van der Waals surface area contributed by atoms with Crippen LogP contribution in [0.4, 0.5) is 0 Å². The van der Waals surface area contributed by atoms with Crippen LogP contribution in [0.3, 0.4) is 0 Å². The standard InChI is InChI=1S/C70H117NO8/c1-6-8-10-12-14-16-18-20-21-22-23-24-25-26-27-28-29-30-31-32-33-34-35-36-37-38-39-40-41-42-43-44-45-46-47-49-51-53-55-57-59-61-68(73)79-66(65-78-70(69(74)75)76-63-62-71(3,4)5)64-77-67(72)60-58-56-54-52-50-48-19-17-15-13-11-9-7-2/h8,10,14,16-17,19-21,23-24,26-27,29-30,32-33,35-36,38-39,66,70H,6-7,9,11-13,15,18,22,25,28,31,34,37,40-65H2,1-5H3/p+1/b10-8-,16-14-,19-17-,21-20-,24-23-,27-26-,30-29-,33-32-,36-35-,39-38-. The number of likely N-dealkylation sites (N-methyl/N-ethyl adjacent to an activating group) is 1. The van der Waals surface area contributed by atoms with E-state index in [0.29, 0.717) is 17.4 Å². The number of allylic oxidation sites excluding steroid dienone is 20. The highest BCUT2D eigenvalue weighted by atomic mass is 16.7. The Labute approximate surface area is 485 Å². The molecule has 9 nitrogen and oxygen atoms in total. The summed E-state index contributed by atoms with van der Waals surface area (Å²) in [6.07, 6.45) is 81.6. The zero-order valence-electron chi connectivity index (χ0n) is 51.2. The first kappa shape index (κ1) is 74.7. The molecule has 1 N–H and O–H groups in total. The molecule has 0 aliphatic heterocycles. The number of hydrogen-bond acceptors (Lipinski definition) is 7. The highest BCUT2D eigenvalue weighted by molar-refractivity contribution is 5.71. The van der Waals surface area contributed by atoms with Crippen molar-refractivity contribution in [2.24, 2.45) is 0 Å². The molecular weight excluding hydrogens is 983 g/mol. The van der Waals surface area contributed by atoms with Crippen LogP contribution >= 0.6 is 0 Å². The van der Waals surface area contributed by atoms with E-state index in [-0.39, 0.29) is 38.6 Å². The molecule has 0 aromatic rings. The first-order chi connectivity index (χ1) is 38.6. The molecule has 0 saturated carbocycles. The van der Waals surface area contributed by atoms with Crippen molar-refractivity contribution in [1.29, 1.82) is 0 Å². The van der Waals surface area contributed by atoms with Gasteiger partial charge in [-0.15, -0.1) is 0 Å². The Morgan fingerprint density at radius 2 is 0.722 bits per heavy atom. The van der Waals surface area contributed by atoms with E-state index in [1.54, 1.807) is 0 Å². The molecule has 2 atom stereocenters. The second-order valence-corrected chi connectivity index (χ2v) is 22.0. The van der Waals surface area contributed by atoms with E-state index in [1.165, 1.54) is 96.3 Å². The molecule has 0 aliphatic carbocycles. The summed E-state index contributed by atoms with van der Waals surface area (Å²) >= 11 is 0. The number of quaternary nitrogens is 1. The third-order valence-electron chi connectivity index (χ3n) is 13.2. The number of carboxylic acid groups (broad SMARTS) is 1. The van der Waals surface area contributed by atoms with Crippen LogP contribution in [0.1, 0.15) is 245 Å². The van der Waals surface area contributed by atoms with Crippen molar-refractivity contribution in [2.45, 2.75) is 257 Å². The van der Waals surface area contributed by atoms with Crippen molar-refractivity contribution >= 4 is 17.9 Å². The van der Waals surface area contributed by atoms with Gasteiger partial charge < -0.3 is 28.5 Å². The molecule has 0 aromatic carbocycles. The predicted octanol–water partition coefficient (Wildman–Crippen LogP) is 19.2. The van der Waals surface area contributed by atoms with Gasteiger partial charge in [0, 0.05) is 12.8 Å². The van der Waals surface area contributed by atoms with Gasteiger partial charge in [0.05, 0.1) is 34.4 Å². The van der Waals surface area contributed by atoms with Crippen LogP contribution in [0, 0.1) is 0 Å². The molecule has 0 saturated heterocycles. The summed E-state index contributed by atoms with van der Waals surface area (Å²) in [6.45, 7) is 4.73. The number of carbonyl (C=O) groups is 3. The Hall–Kier alpha value is -4.31. The van der Waals surface area contributed by atoms with Gasteiger partial charge in [-0.3, -0.25) is 9.59 Å². The largest absolute Gasteiger partial charge is 0.477 e. The molecule has 450 valence electrons. The van der Waals surface area contributed by atoms with Crippen LogP contribution < -0.4 is 0 Å². The first-order valence-corrected chi connectivity index (χ1v) is 31.7. The predicted molar refractivity (Wildman–Crippen MR) is 336 cm³/mol. The zero-order valence-corrected chi connectivity index (χ0v) is 51.2. The average Bonchev–Trinajstić information content (AvgIpc) is 3.42. The minimum atomic E-state index is -1.52. The fourth-order valence-corrected chi connectivity index (χ4v) is 8.35. The van der Waals surface area contributed by atoms with E-state index in [0.717, 1.165) is 116 Å². The molecule has 0 rings (SSSR count). The number of nitrogens with zero attached hydrogens (tertiary/aromatic N) is 1. The van der Waals surface area contributed by atoms with Crippen LogP contribution in [0.5, 0.6) is 0 Å². The van der Waals surface area contributed by atoms with E-state index in [2.05, 4.69) is 135 Å². The second kappa shape index (κ2) is 59.8. The van der Waals surface area contributed by atoms with Crippen molar-refractivity contribution in [3.8, 4) is 0 Å². The number of hydrogen-bond donors (Lipinski definition) is 1. The van der Waals surface area contributed by atoms with Crippen molar-refractivity contribution in [3.63, 3.8) is 0 Å². The van der Waals surface area contributed by atoms with Gasteiger partial charge in [0.2, 0.25) is 0 Å². The molecule has 0 aliphatic rings. The van der Waals surface area contributed by atoms with Crippen LogP contribution in [0.2, 0.25) is 0 Å². The summed E-state index contributed by atoms with van der Waals surface area (Å²) in [5, 5.41) is 9.70. The SMILES string of the molecule is CC/C=C\C/C=C\C/C=C\C/C=C\C/C=C\C/C=C\C/C=C\C/C=C\C/C=C\CCCCCCCCCCCCCCCC(=O)OC(COC(=O)CCCCCCC/C=C\CCCCCC)COC(OCC[N+](C)(C)C)C(=O)O. The lowest BCUT2D eigenvalue weighted by Gasteiger charge is -2.25. The van der Waals surface area contributed by atoms with Crippen LogP contribution in [0.15, 0.2) is 122 Å². The van der Waals surface area contributed by atoms with E-state index < -0.39 is 24.3 Å². The molecule has 0 heterocycles. The van der Waals surface area contributed by atoms with Gasteiger partial charge in [-0.1, -0.05) is 245 Å².